The first-order chi connectivity index (χ1) is 6.72. The second-order valence-electron chi connectivity index (χ2n) is 2.84. The van der Waals surface area contributed by atoms with Gasteiger partial charge in [0, 0.05) is 0 Å². The number of halogens is 1. The van der Waals surface area contributed by atoms with Crippen molar-refractivity contribution in [2.24, 2.45) is 5.73 Å². The molecule has 3 nitrogen and oxygen atoms in total. The van der Waals surface area contributed by atoms with Gasteiger partial charge in [0.2, 0.25) is 0 Å². The monoisotopic (exact) mass is 259 g/mol. The van der Waals surface area contributed by atoms with E-state index in [0.717, 1.165) is 28.0 Å². The molecule has 14 heavy (non-hydrogen) atoms. The van der Waals surface area contributed by atoms with E-state index in [4.69, 9.17) is 15.2 Å². The molecule has 0 unspecified atom stereocenters. The lowest BCUT2D eigenvalue weighted by atomic mass is 10.1. The molecule has 0 aliphatic rings. The van der Waals surface area contributed by atoms with Crippen molar-refractivity contribution in [1.82, 2.24) is 0 Å². The molecule has 0 bridgehead atoms. The third-order valence-electron chi connectivity index (χ3n) is 1.97. The summed E-state index contributed by atoms with van der Waals surface area (Å²) in [5.41, 5.74) is 6.57. The van der Waals surface area contributed by atoms with Crippen molar-refractivity contribution in [2.75, 3.05) is 20.8 Å². The Morgan fingerprint density at radius 2 is 1.86 bits per heavy atom. The largest absolute Gasteiger partial charge is 0.496 e. The van der Waals surface area contributed by atoms with Gasteiger partial charge in [-0.15, -0.1) is 0 Å². The summed E-state index contributed by atoms with van der Waals surface area (Å²) < 4.78 is 11.3. The van der Waals surface area contributed by atoms with Gasteiger partial charge in [0.05, 0.1) is 18.7 Å². The Morgan fingerprint density at radius 1 is 1.21 bits per heavy atom. The SMILES string of the molecule is COc1cc(CCN)c(OC)cc1Br. The van der Waals surface area contributed by atoms with Crippen LogP contribution < -0.4 is 15.2 Å². The topological polar surface area (TPSA) is 44.5 Å². The summed E-state index contributed by atoms with van der Waals surface area (Å²) in [6.45, 7) is 0.598. The maximum atomic E-state index is 5.51. The Balaban J connectivity index is 3.11. The first-order valence-corrected chi connectivity index (χ1v) is 5.12. The molecule has 0 aliphatic heterocycles. The van der Waals surface area contributed by atoms with Gasteiger partial charge in [0.15, 0.2) is 0 Å². The van der Waals surface area contributed by atoms with E-state index in [-0.39, 0.29) is 0 Å². The van der Waals surface area contributed by atoms with Gasteiger partial charge in [0.1, 0.15) is 11.5 Å². The van der Waals surface area contributed by atoms with Crippen molar-refractivity contribution in [3.05, 3.63) is 22.2 Å². The molecule has 1 aromatic rings. The molecule has 4 heteroatoms. The summed E-state index contributed by atoms with van der Waals surface area (Å²) in [6, 6.07) is 3.83. The van der Waals surface area contributed by atoms with Gasteiger partial charge in [0.25, 0.3) is 0 Å². The Morgan fingerprint density at radius 3 is 2.36 bits per heavy atom. The van der Waals surface area contributed by atoms with Crippen molar-refractivity contribution in [1.29, 1.82) is 0 Å². The van der Waals surface area contributed by atoms with Gasteiger partial charge >= 0.3 is 0 Å². The van der Waals surface area contributed by atoms with Crippen molar-refractivity contribution in [3.8, 4) is 11.5 Å². The number of ether oxygens (including phenoxy) is 2. The molecular formula is C10H14BrNO2. The molecule has 0 radical (unpaired) electrons. The third kappa shape index (κ3) is 2.39. The molecular weight excluding hydrogens is 246 g/mol. The molecule has 78 valence electrons. The molecule has 0 amide bonds. The molecule has 0 spiro atoms. The number of hydrogen-bond acceptors (Lipinski definition) is 3. The Hall–Kier alpha value is -0.740. The second-order valence-corrected chi connectivity index (χ2v) is 3.69. The van der Waals surface area contributed by atoms with Crippen LogP contribution >= 0.6 is 15.9 Å². The van der Waals surface area contributed by atoms with E-state index in [1.54, 1.807) is 14.2 Å². The minimum atomic E-state index is 0.598. The van der Waals surface area contributed by atoms with Crippen molar-refractivity contribution < 1.29 is 9.47 Å². The zero-order valence-electron chi connectivity index (χ0n) is 8.34. The van der Waals surface area contributed by atoms with Gasteiger partial charge in [-0.25, -0.2) is 0 Å². The fourth-order valence-corrected chi connectivity index (χ4v) is 1.76. The van der Waals surface area contributed by atoms with Gasteiger partial charge < -0.3 is 15.2 Å². The van der Waals surface area contributed by atoms with Crippen LogP contribution in [0.5, 0.6) is 11.5 Å². The summed E-state index contributed by atoms with van der Waals surface area (Å²) in [6.07, 6.45) is 0.785. The van der Waals surface area contributed by atoms with Crippen LogP contribution in [0.2, 0.25) is 0 Å². The highest BCUT2D eigenvalue weighted by Gasteiger charge is 2.08. The quantitative estimate of drug-likeness (QED) is 0.900. The average molecular weight is 260 g/mol. The molecule has 1 rings (SSSR count). The number of hydrogen-bond donors (Lipinski definition) is 1. The zero-order valence-corrected chi connectivity index (χ0v) is 9.93. The summed E-state index contributed by atoms with van der Waals surface area (Å²) >= 11 is 3.40. The first-order valence-electron chi connectivity index (χ1n) is 4.33. The van der Waals surface area contributed by atoms with E-state index >= 15 is 0 Å². The number of methoxy groups -OCH3 is 2. The molecule has 0 heterocycles. The minimum absolute atomic E-state index is 0.598. The molecule has 0 fully saturated rings. The van der Waals surface area contributed by atoms with Gasteiger partial charge in [-0.05, 0) is 46.6 Å². The maximum absolute atomic E-state index is 5.51. The summed E-state index contributed by atoms with van der Waals surface area (Å²) in [4.78, 5) is 0. The highest BCUT2D eigenvalue weighted by Crippen LogP contribution is 2.32. The molecule has 2 N–H and O–H groups in total. The first kappa shape index (κ1) is 11.3. The summed E-state index contributed by atoms with van der Waals surface area (Å²) in [7, 11) is 3.28. The predicted octanol–water partition coefficient (Wildman–Crippen LogP) is 1.97. The van der Waals surface area contributed by atoms with Gasteiger partial charge in [-0.3, -0.25) is 0 Å². The lowest BCUT2D eigenvalue weighted by Crippen LogP contribution is -2.04. The standard InChI is InChI=1S/C10H14BrNO2/c1-13-9-6-8(11)10(14-2)5-7(9)3-4-12/h5-6H,3-4,12H2,1-2H3. The molecule has 0 saturated carbocycles. The van der Waals surface area contributed by atoms with Crippen LogP contribution in [0.4, 0.5) is 0 Å². The van der Waals surface area contributed by atoms with Gasteiger partial charge in [-0.1, -0.05) is 0 Å². The minimum Gasteiger partial charge on any atom is -0.496 e. The third-order valence-corrected chi connectivity index (χ3v) is 2.59. The van der Waals surface area contributed by atoms with Crippen LogP contribution in [0.25, 0.3) is 0 Å². The van der Waals surface area contributed by atoms with Crippen LogP contribution in [-0.2, 0) is 6.42 Å². The maximum Gasteiger partial charge on any atom is 0.133 e. The summed E-state index contributed by atoms with van der Waals surface area (Å²) in [5.74, 6) is 1.64. The van der Waals surface area contributed by atoms with Gasteiger partial charge in [-0.2, -0.15) is 0 Å². The Kier molecular flexibility index (Phi) is 4.22. The number of rotatable bonds is 4. The van der Waals surface area contributed by atoms with Crippen LogP contribution in [0.3, 0.4) is 0 Å². The van der Waals surface area contributed by atoms with Crippen LogP contribution in [0.15, 0.2) is 16.6 Å². The molecule has 0 saturated heterocycles. The Bertz CT molecular complexity index is 315. The van der Waals surface area contributed by atoms with Crippen LogP contribution in [0, 0.1) is 0 Å². The van der Waals surface area contributed by atoms with E-state index in [9.17, 15) is 0 Å². The van der Waals surface area contributed by atoms with E-state index in [1.165, 1.54) is 0 Å². The van der Waals surface area contributed by atoms with Crippen molar-refractivity contribution in [2.45, 2.75) is 6.42 Å². The van der Waals surface area contributed by atoms with Crippen molar-refractivity contribution >= 4 is 15.9 Å². The molecule has 1 aromatic carbocycles. The van der Waals surface area contributed by atoms with E-state index in [2.05, 4.69) is 15.9 Å². The average Bonchev–Trinajstić information content (AvgIpc) is 2.20. The number of nitrogens with two attached hydrogens (primary N) is 1. The lowest BCUT2D eigenvalue weighted by Gasteiger charge is -2.11. The fourth-order valence-electron chi connectivity index (χ4n) is 1.27. The second kappa shape index (κ2) is 5.22. The van der Waals surface area contributed by atoms with E-state index in [0.29, 0.717) is 6.54 Å². The van der Waals surface area contributed by atoms with Crippen LogP contribution in [0.1, 0.15) is 5.56 Å². The predicted molar refractivity (Wildman–Crippen MR) is 60.0 cm³/mol. The molecule has 0 aliphatic carbocycles. The highest BCUT2D eigenvalue weighted by atomic mass is 79.9. The zero-order chi connectivity index (χ0) is 10.6. The highest BCUT2D eigenvalue weighted by molar-refractivity contribution is 9.10. The van der Waals surface area contributed by atoms with E-state index < -0.39 is 0 Å². The fraction of sp³-hybridized carbons (Fsp3) is 0.400. The Labute approximate surface area is 92.3 Å². The van der Waals surface area contributed by atoms with Crippen LogP contribution in [-0.4, -0.2) is 20.8 Å². The van der Waals surface area contributed by atoms with Crippen molar-refractivity contribution in [3.63, 3.8) is 0 Å². The van der Waals surface area contributed by atoms with E-state index in [1.807, 2.05) is 12.1 Å². The molecule has 0 aromatic heterocycles. The smallest absolute Gasteiger partial charge is 0.133 e. The molecule has 0 atom stereocenters. The summed E-state index contributed by atoms with van der Waals surface area (Å²) in [5, 5.41) is 0. The number of benzene rings is 1. The normalized spacial score (nSPS) is 10.0. The lowest BCUT2D eigenvalue weighted by molar-refractivity contribution is 0.397.